The SMILES string of the molecule is CCCNC1CCCC1Sc1cc(C)ccc1C. The summed E-state index contributed by atoms with van der Waals surface area (Å²) in [5, 5.41) is 4.48. The van der Waals surface area contributed by atoms with Gasteiger partial charge in [0.25, 0.3) is 0 Å². The molecule has 100 valence electrons. The maximum Gasteiger partial charge on any atom is 0.0248 e. The molecule has 0 aliphatic heterocycles. The third kappa shape index (κ3) is 3.52. The fourth-order valence-electron chi connectivity index (χ4n) is 2.63. The highest BCUT2D eigenvalue weighted by Crippen LogP contribution is 2.36. The van der Waals surface area contributed by atoms with Crippen LogP contribution in [-0.4, -0.2) is 17.8 Å². The third-order valence-electron chi connectivity index (χ3n) is 3.73. The van der Waals surface area contributed by atoms with Crippen molar-refractivity contribution < 1.29 is 0 Å². The summed E-state index contributed by atoms with van der Waals surface area (Å²) in [6.45, 7) is 7.82. The number of benzene rings is 1. The van der Waals surface area contributed by atoms with Gasteiger partial charge in [0.1, 0.15) is 0 Å². The van der Waals surface area contributed by atoms with E-state index in [1.165, 1.54) is 41.7 Å². The average Bonchev–Trinajstić information content (AvgIpc) is 2.79. The lowest BCUT2D eigenvalue weighted by molar-refractivity contribution is 0.531. The van der Waals surface area contributed by atoms with Crippen LogP contribution in [0, 0.1) is 13.8 Å². The molecule has 2 rings (SSSR count). The van der Waals surface area contributed by atoms with E-state index in [4.69, 9.17) is 0 Å². The molecule has 0 radical (unpaired) electrons. The van der Waals surface area contributed by atoms with Gasteiger partial charge < -0.3 is 5.32 Å². The summed E-state index contributed by atoms with van der Waals surface area (Å²) in [7, 11) is 0. The Hall–Kier alpha value is -0.470. The van der Waals surface area contributed by atoms with Crippen LogP contribution in [0.3, 0.4) is 0 Å². The molecule has 0 heterocycles. The van der Waals surface area contributed by atoms with E-state index in [-0.39, 0.29) is 0 Å². The molecule has 1 aromatic rings. The van der Waals surface area contributed by atoms with Crippen molar-refractivity contribution in [3.8, 4) is 0 Å². The van der Waals surface area contributed by atoms with Gasteiger partial charge in [-0.2, -0.15) is 0 Å². The van der Waals surface area contributed by atoms with Crippen LogP contribution in [0.2, 0.25) is 0 Å². The highest BCUT2D eigenvalue weighted by molar-refractivity contribution is 8.00. The molecule has 0 aromatic heterocycles. The number of nitrogens with one attached hydrogen (secondary N) is 1. The molecular weight excluding hydrogens is 238 g/mol. The van der Waals surface area contributed by atoms with Crippen LogP contribution in [0.5, 0.6) is 0 Å². The zero-order valence-corrected chi connectivity index (χ0v) is 12.6. The van der Waals surface area contributed by atoms with Crippen molar-refractivity contribution in [2.45, 2.75) is 62.6 Å². The molecule has 0 bridgehead atoms. The fraction of sp³-hybridized carbons (Fsp3) is 0.625. The van der Waals surface area contributed by atoms with Crippen LogP contribution in [0.25, 0.3) is 0 Å². The van der Waals surface area contributed by atoms with E-state index in [2.05, 4.69) is 56.0 Å². The minimum atomic E-state index is 0.717. The first-order valence-corrected chi connectivity index (χ1v) is 8.06. The molecule has 0 amide bonds. The van der Waals surface area contributed by atoms with Crippen molar-refractivity contribution in [2.75, 3.05) is 6.54 Å². The molecule has 1 aliphatic carbocycles. The molecule has 1 aromatic carbocycles. The van der Waals surface area contributed by atoms with Gasteiger partial charge in [0, 0.05) is 16.2 Å². The monoisotopic (exact) mass is 263 g/mol. The largest absolute Gasteiger partial charge is 0.313 e. The van der Waals surface area contributed by atoms with Crippen LogP contribution in [0.15, 0.2) is 23.1 Å². The number of hydrogen-bond acceptors (Lipinski definition) is 2. The Kier molecular flexibility index (Phi) is 5.13. The molecule has 1 saturated carbocycles. The Balaban J connectivity index is 2.01. The normalized spacial score (nSPS) is 23.5. The summed E-state index contributed by atoms with van der Waals surface area (Å²) in [6, 6.07) is 7.52. The molecule has 2 unspecified atom stereocenters. The third-order valence-corrected chi connectivity index (χ3v) is 5.29. The Morgan fingerprint density at radius 1 is 1.28 bits per heavy atom. The summed E-state index contributed by atoms with van der Waals surface area (Å²) in [5.74, 6) is 0. The van der Waals surface area contributed by atoms with Gasteiger partial charge in [0.15, 0.2) is 0 Å². The molecule has 2 atom stereocenters. The molecule has 2 heteroatoms. The first-order chi connectivity index (χ1) is 8.70. The van der Waals surface area contributed by atoms with E-state index in [0.29, 0.717) is 0 Å². The van der Waals surface area contributed by atoms with E-state index in [0.717, 1.165) is 17.8 Å². The molecule has 1 nitrogen and oxygen atoms in total. The van der Waals surface area contributed by atoms with Gasteiger partial charge in [-0.3, -0.25) is 0 Å². The van der Waals surface area contributed by atoms with Gasteiger partial charge in [-0.15, -0.1) is 11.8 Å². The van der Waals surface area contributed by atoms with Crippen LogP contribution in [0.4, 0.5) is 0 Å². The second-order valence-corrected chi connectivity index (χ2v) is 6.70. The minimum Gasteiger partial charge on any atom is -0.313 e. The lowest BCUT2D eigenvalue weighted by Crippen LogP contribution is -2.34. The van der Waals surface area contributed by atoms with E-state index < -0.39 is 0 Å². The van der Waals surface area contributed by atoms with Crippen molar-refractivity contribution >= 4 is 11.8 Å². The summed E-state index contributed by atoms with van der Waals surface area (Å²) in [5.41, 5.74) is 2.80. The van der Waals surface area contributed by atoms with Gasteiger partial charge >= 0.3 is 0 Å². The Labute approximate surface area is 116 Å². The summed E-state index contributed by atoms with van der Waals surface area (Å²) < 4.78 is 0. The predicted molar refractivity (Wildman–Crippen MR) is 81.5 cm³/mol. The number of rotatable bonds is 5. The molecule has 1 aliphatic rings. The van der Waals surface area contributed by atoms with Crippen LogP contribution < -0.4 is 5.32 Å². The van der Waals surface area contributed by atoms with Crippen molar-refractivity contribution in [1.82, 2.24) is 5.32 Å². The van der Waals surface area contributed by atoms with Crippen molar-refractivity contribution in [3.63, 3.8) is 0 Å². The fourth-order valence-corrected chi connectivity index (χ4v) is 4.14. The topological polar surface area (TPSA) is 12.0 Å². The van der Waals surface area contributed by atoms with Gasteiger partial charge in [0.05, 0.1) is 0 Å². The molecular formula is C16H25NS. The van der Waals surface area contributed by atoms with Crippen molar-refractivity contribution in [3.05, 3.63) is 29.3 Å². The van der Waals surface area contributed by atoms with E-state index >= 15 is 0 Å². The number of hydrogen-bond donors (Lipinski definition) is 1. The maximum atomic E-state index is 3.71. The molecule has 0 saturated heterocycles. The second-order valence-electron chi connectivity index (χ2n) is 5.42. The Morgan fingerprint density at radius 2 is 2.11 bits per heavy atom. The van der Waals surface area contributed by atoms with Gasteiger partial charge in [-0.05, 0) is 51.3 Å². The van der Waals surface area contributed by atoms with Crippen LogP contribution in [0.1, 0.15) is 43.7 Å². The summed E-state index contributed by atoms with van der Waals surface area (Å²) in [6.07, 6.45) is 5.32. The standard InChI is InChI=1S/C16H25NS/c1-4-10-17-14-6-5-7-15(14)18-16-11-12(2)8-9-13(16)3/h8-9,11,14-15,17H,4-7,10H2,1-3H3. The first kappa shape index (κ1) is 14.0. The van der Waals surface area contributed by atoms with E-state index in [9.17, 15) is 0 Å². The van der Waals surface area contributed by atoms with E-state index in [1.54, 1.807) is 0 Å². The van der Waals surface area contributed by atoms with Gasteiger partial charge in [-0.1, -0.05) is 31.0 Å². The van der Waals surface area contributed by atoms with Crippen LogP contribution in [-0.2, 0) is 0 Å². The van der Waals surface area contributed by atoms with Gasteiger partial charge in [0.2, 0.25) is 0 Å². The molecule has 1 fully saturated rings. The average molecular weight is 263 g/mol. The number of thioether (sulfide) groups is 1. The van der Waals surface area contributed by atoms with Gasteiger partial charge in [-0.25, -0.2) is 0 Å². The quantitative estimate of drug-likeness (QED) is 0.849. The van der Waals surface area contributed by atoms with Crippen molar-refractivity contribution in [1.29, 1.82) is 0 Å². The lowest BCUT2D eigenvalue weighted by Gasteiger charge is -2.21. The minimum absolute atomic E-state index is 0.717. The van der Waals surface area contributed by atoms with Crippen LogP contribution >= 0.6 is 11.8 Å². The highest BCUT2D eigenvalue weighted by atomic mass is 32.2. The summed E-state index contributed by atoms with van der Waals surface area (Å²) >= 11 is 2.09. The zero-order valence-electron chi connectivity index (χ0n) is 11.8. The second kappa shape index (κ2) is 6.63. The molecule has 0 spiro atoms. The summed E-state index contributed by atoms with van der Waals surface area (Å²) in [4.78, 5) is 1.48. The first-order valence-electron chi connectivity index (χ1n) is 7.18. The molecule has 1 N–H and O–H groups in total. The van der Waals surface area contributed by atoms with E-state index in [1.807, 2.05) is 0 Å². The zero-order chi connectivity index (χ0) is 13.0. The molecule has 18 heavy (non-hydrogen) atoms. The Bertz CT molecular complexity index is 389. The van der Waals surface area contributed by atoms with Crippen molar-refractivity contribution in [2.24, 2.45) is 0 Å². The lowest BCUT2D eigenvalue weighted by atomic mass is 10.2. The smallest absolute Gasteiger partial charge is 0.0248 e. The maximum absolute atomic E-state index is 3.71. The number of aryl methyl sites for hydroxylation is 2. The highest BCUT2D eigenvalue weighted by Gasteiger charge is 2.27. The Morgan fingerprint density at radius 3 is 2.89 bits per heavy atom. The predicted octanol–water partition coefficient (Wildman–Crippen LogP) is 4.32.